The third-order valence-electron chi connectivity index (χ3n) is 5.73. The second kappa shape index (κ2) is 5.22. The van der Waals surface area contributed by atoms with Crippen molar-refractivity contribution in [2.45, 2.75) is 38.8 Å². The number of hydrogen-bond donors (Lipinski definition) is 0. The molecule has 1 aliphatic carbocycles. The molecule has 0 atom stereocenters. The van der Waals surface area contributed by atoms with Crippen molar-refractivity contribution in [2.75, 3.05) is 13.1 Å². The molecule has 2 heterocycles. The van der Waals surface area contributed by atoms with E-state index in [4.69, 9.17) is 0 Å². The highest BCUT2D eigenvalue weighted by Gasteiger charge is 2.45. The Morgan fingerprint density at radius 1 is 1.00 bits per heavy atom. The Morgan fingerprint density at radius 3 is 2.35 bits per heavy atom. The fourth-order valence-corrected chi connectivity index (χ4v) is 3.86. The number of nitrogens with zero attached hydrogens (tertiary/aromatic N) is 2. The molecule has 3 aliphatic rings. The minimum absolute atomic E-state index is 0.0557. The summed E-state index contributed by atoms with van der Waals surface area (Å²) in [5, 5.41) is 0. The predicted octanol–water partition coefficient (Wildman–Crippen LogP) is 2.73. The number of rotatable bonds is 2. The number of hydrogen-bond acceptors (Lipinski definition) is 2. The van der Waals surface area contributed by atoms with Crippen molar-refractivity contribution in [1.29, 1.82) is 0 Å². The number of piperidine rings is 1. The first-order valence-corrected chi connectivity index (χ1v) is 8.43. The van der Waals surface area contributed by atoms with Crippen molar-refractivity contribution >= 4 is 11.8 Å². The zero-order valence-electron chi connectivity index (χ0n) is 13.4. The lowest BCUT2D eigenvalue weighted by molar-refractivity contribution is -0.126. The average Bonchev–Trinajstić information content (AvgIpc) is 3.19. The molecule has 1 aromatic carbocycles. The second-order valence-corrected chi connectivity index (χ2v) is 7.17. The third kappa shape index (κ3) is 2.56. The Morgan fingerprint density at radius 2 is 1.70 bits per heavy atom. The number of likely N-dealkylation sites (tertiary alicyclic amines) is 1. The van der Waals surface area contributed by atoms with E-state index < -0.39 is 0 Å². The summed E-state index contributed by atoms with van der Waals surface area (Å²) in [5.41, 5.74) is 3.55. The summed E-state index contributed by atoms with van der Waals surface area (Å²) < 4.78 is 0. The van der Waals surface area contributed by atoms with Gasteiger partial charge in [0.1, 0.15) is 0 Å². The molecular formula is C19H22N2O2. The highest BCUT2D eigenvalue weighted by atomic mass is 16.2. The minimum Gasteiger partial charge on any atom is -0.339 e. The zero-order valence-corrected chi connectivity index (χ0v) is 13.4. The molecule has 0 radical (unpaired) electrons. The van der Waals surface area contributed by atoms with Crippen LogP contribution in [0.4, 0.5) is 0 Å². The number of amides is 2. The van der Waals surface area contributed by atoms with Gasteiger partial charge in [0.05, 0.1) is 0 Å². The van der Waals surface area contributed by atoms with Gasteiger partial charge in [0, 0.05) is 31.7 Å². The Hall–Kier alpha value is -2.10. The lowest BCUT2D eigenvalue weighted by atomic mass is 9.93. The molecule has 1 spiro atoms. The van der Waals surface area contributed by atoms with E-state index in [2.05, 4.69) is 6.58 Å². The van der Waals surface area contributed by atoms with Crippen molar-refractivity contribution in [3.63, 3.8) is 0 Å². The van der Waals surface area contributed by atoms with Crippen molar-refractivity contribution in [3.8, 4) is 0 Å². The Labute approximate surface area is 136 Å². The monoisotopic (exact) mass is 310 g/mol. The Kier molecular flexibility index (Phi) is 3.29. The van der Waals surface area contributed by atoms with Gasteiger partial charge in [-0.15, -0.1) is 0 Å². The molecule has 1 aromatic rings. The van der Waals surface area contributed by atoms with Crippen LogP contribution in [0.1, 0.15) is 47.2 Å². The summed E-state index contributed by atoms with van der Waals surface area (Å²) in [6.45, 7) is 6.50. The lowest BCUT2D eigenvalue weighted by Crippen LogP contribution is -2.39. The number of fused-ring (bicyclic) bond motifs is 1. The molecule has 1 saturated heterocycles. The third-order valence-corrected chi connectivity index (χ3v) is 5.73. The van der Waals surface area contributed by atoms with Crippen LogP contribution in [-0.4, -0.2) is 34.7 Å². The molecule has 0 N–H and O–H groups in total. The van der Waals surface area contributed by atoms with Gasteiger partial charge in [-0.1, -0.05) is 12.6 Å². The first-order valence-electron chi connectivity index (χ1n) is 8.43. The first kappa shape index (κ1) is 14.5. The smallest absolute Gasteiger partial charge is 0.253 e. The number of carbonyl (C=O) groups excluding carboxylic acids is 2. The maximum absolute atomic E-state index is 12.7. The van der Waals surface area contributed by atoms with E-state index in [9.17, 15) is 9.59 Å². The second-order valence-electron chi connectivity index (χ2n) is 7.17. The van der Waals surface area contributed by atoms with E-state index in [1.165, 1.54) is 18.9 Å². The average molecular weight is 310 g/mol. The molecule has 1 saturated carbocycles. The highest BCUT2D eigenvalue weighted by molar-refractivity contribution is 5.95. The highest BCUT2D eigenvalue weighted by Crippen LogP contribution is 2.53. The van der Waals surface area contributed by atoms with Crippen LogP contribution in [0.15, 0.2) is 30.9 Å². The van der Waals surface area contributed by atoms with E-state index in [-0.39, 0.29) is 11.8 Å². The zero-order chi connectivity index (χ0) is 16.0. The van der Waals surface area contributed by atoms with Crippen molar-refractivity contribution in [3.05, 3.63) is 47.5 Å². The Balaban J connectivity index is 1.47. The standard InChI is InChI=1S/C19H22N2O2/c1-2-17(22)21-12-15-4-3-14(11-16(15)13-21)18(23)20-9-7-19(5-6-19)8-10-20/h2-4,11H,1,5-10,12-13H2. The summed E-state index contributed by atoms with van der Waals surface area (Å²) in [4.78, 5) is 28.2. The fourth-order valence-electron chi connectivity index (χ4n) is 3.86. The summed E-state index contributed by atoms with van der Waals surface area (Å²) in [5.74, 6) is 0.0802. The molecule has 4 rings (SSSR count). The number of carbonyl (C=O) groups is 2. The predicted molar refractivity (Wildman–Crippen MR) is 87.7 cm³/mol. The van der Waals surface area contributed by atoms with Crippen LogP contribution >= 0.6 is 0 Å². The molecule has 120 valence electrons. The molecule has 2 amide bonds. The van der Waals surface area contributed by atoms with Crippen LogP contribution in [0.3, 0.4) is 0 Å². The molecular weight excluding hydrogens is 288 g/mol. The SMILES string of the molecule is C=CC(=O)N1Cc2ccc(C(=O)N3CCC4(CC3)CC4)cc2C1. The van der Waals surface area contributed by atoms with Gasteiger partial charge in [-0.3, -0.25) is 9.59 Å². The van der Waals surface area contributed by atoms with E-state index in [1.54, 1.807) is 4.90 Å². The summed E-state index contributed by atoms with van der Waals surface area (Å²) >= 11 is 0. The normalized spacial score (nSPS) is 21.2. The van der Waals surface area contributed by atoms with Gasteiger partial charge >= 0.3 is 0 Å². The summed E-state index contributed by atoms with van der Waals surface area (Å²) in [6.07, 6.45) is 6.36. The fraction of sp³-hybridized carbons (Fsp3) is 0.474. The molecule has 23 heavy (non-hydrogen) atoms. The van der Waals surface area contributed by atoms with Crippen LogP contribution in [0, 0.1) is 5.41 Å². The maximum atomic E-state index is 12.7. The minimum atomic E-state index is -0.0557. The van der Waals surface area contributed by atoms with E-state index in [1.807, 2.05) is 23.1 Å². The van der Waals surface area contributed by atoms with Gasteiger partial charge in [-0.25, -0.2) is 0 Å². The van der Waals surface area contributed by atoms with Gasteiger partial charge in [0.2, 0.25) is 5.91 Å². The van der Waals surface area contributed by atoms with E-state index in [0.717, 1.165) is 42.6 Å². The van der Waals surface area contributed by atoms with Crippen LogP contribution in [0.5, 0.6) is 0 Å². The largest absolute Gasteiger partial charge is 0.339 e. The van der Waals surface area contributed by atoms with Gasteiger partial charge in [-0.2, -0.15) is 0 Å². The van der Waals surface area contributed by atoms with E-state index in [0.29, 0.717) is 18.5 Å². The molecule has 4 nitrogen and oxygen atoms in total. The van der Waals surface area contributed by atoms with Crippen molar-refractivity contribution in [1.82, 2.24) is 9.80 Å². The van der Waals surface area contributed by atoms with Gasteiger partial charge < -0.3 is 9.80 Å². The van der Waals surface area contributed by atoms with E-state index >= 15 is 0 Å². The maximum Gasteiger partial charge on any atom is 0.253 e. The van der Waals surface area contributed by atoms with Crippen LogP contribution in [-0.2, 0) is 17.9 Å². The van der Waals surface area contributed by atoms with Gasteiger partial charge in [0.25, 0.3) is 5.91 Å². The van der Waals surface area contributed by atoms with Crippen molar-refractivity contribution in [2.24, 2.45) is 5.41 Å². The quantitative estimate of drug-likeness (QED) is 0.788. The van der Waals surface area contributed by atoms with Crippen LogP contribution < -0.4 is 0 Å². The molecule has 0 bridgehead atoms. The van der Waals surface area contributed by atoms with Crippen LogP contribution in [0.25, 0.3) is 0 Å². The first-order chi connectivity index (χ1) is 11.1. The van der Waals surface area contributed by atoms with Gasteiger partial charge in [0.15, 0.2) is 0 Å². The topological polar surface area (TPSA) is 40.6 Å². The molecule has 2 fully saturated rings. The number of benzene rings is 1. The molecule has 2 aliphatic heterocycles. The van der Waals surface area contributed by atoms with Crippen LogP contribution in [0.2, 0.25) is 0 Å². The lowest BCUT2D eigenvalue weighted by Gasteiger charge is -2.32. The molecule has 4 heteroatoms. The van der Waals surface area contributed by atoms with Gasteiger partial charge in [-0.05, 0) is 60.4 Å². The Bertz CT molecular complexity index is 681. The summed E-state index contributed by atoms with van der Waals surface area (Å²) in [7, 11) is 0. The molecule has 0 aromatic heterocycles. The van der Waals surface area contributed by atoms with Crippen molar-refractivity contribution < 1.29 is 9.59 Å². The molecule has 0 unspecified atom stereocenters. The summed E-state index contributed by atoms with van der Waals surface area (Å²) in [6, 6.07) is 5.87.